The standard InChI is InChI=1S/C24H27N3O6/c28-19(14-33-20(29)13-26-21(30)15-7-1-2-8-16(15)22(26)31)27-18-10-4-3-9-17(18)25-23(32)24(27)11-5-6-12-24/h3-4,9-10,15-16H,1-2,5-8,11-14H2,(H,25,32). The average molecular weight is 453 g/mol. The van der Waals surface area contributed by atoms with Crippen molar-refractivity contribution >= 4 is 41.0 Å². The quantitative estimate of drug-likeness (QED) is 0.551. The Morgan fingerprint density at radius 2 is 1.61 bits per heavy atom. The second kappa shape index (κ2) is 8.28. The lowest BCUT2D eigenvalue weighted by atomic mass is 9.81. The predicted molar refractivity (Wildman–Crippen MR) is 117 cm³/mol. The molecule has 4 amide bonds. The van der Waals surface area contributed by atoms with E-state index in [4.69, 9.17) is 4.74 Å². The molecule has 1 N–H and O–H groups in total. The highest BCUT2D eigenvalue weighted by molar-refractivity contribution is 6.15. The van der Waals surface area contributed by atoms with Gasteiger partial charge < -0.3 is 10.1 Å². The largest absolute Gasteiger partial charge is 0.454 e. The first-order chi connectivity index (χ1) is 15.9. The Morgan fingerprint density at radius 1 is 0.970 bits per heavy atom. The van der Waals surface area contributed by atoms with Gasteiger partial charge in [0.25, 0.3) is 11.8 Å². The molecule has 1 saturated heterocycles. The molecule has 2 saturated carbocycles. The number of esters is 1. The molecule has 3 fully saturated rings. The SMILES string of the molecule is O=C(CN1C(=O)C2CCCCC2C1=O)OCC(=O)N1c2ccccc2NC(=O)C12CCCC2. The zero-order chi connectivity index (χ0) is 23.2. The van der Waals surface area contributed by atoms with Crippen molar-refractivity contribution in [3.8, 4) is 0 Å². The number of anilines is 2. The first kappa shape index (κ1) is 21.6. The molecule has 4 aliphatic rings. The van der Waals surface area contributed by atoms with E-state index in [-0.39, 0.29) is 29.6 Å². The molecule has 1 spiro atoms. The maximum absolute atomic E-state index is 13.3. The van der Waals surface area contributed by atoms with Gasteiger partial charge in [0, 0.05) is 0 Å². The van der Waals surface area contributed by atoms with Crippen LogP contribution in [0.5, 0.6) is 0 Å². The van der Waals surface area contributed by atoms with Crippen molar-refractivity contribution < 1.29 is 28.7 Å². The van der Waals surface area contributed by atoms with Crippen LogP contribution in [0.4, 0.5) is 11.4 Å². The van der Waals surface area contributed by atoms with Gasteiger partial charge in [-0.3, -0.25) is 33.8 Å². The Morgan fingerprint density at radius 3 is 2.27 bits per heavy atom. The van der Waals surface area contributed by atoms with E-state index in [1.165, 1.54) is 4.90 Å². The number of hydrogen-bond donors (Lipinski definition) is 1. The molecule has 0 radical (unpaired) electrons. The molecule has 1 aromatic carbocycles. The summed E-state index contributed by atoms with van der Waals surface area (Å²) in [6.07, 6.45) is 5.84. The zero-order valence-corrected chi connectivity index (χ0v) is 18.4. The van der Waals surface area contributed by atoms with Crippen molar-refractivity contribution in [2.24, 2.45) is 11.8 Å². The Kier molecular flexibility index (Phi) is 5.42. The van der Waals surface area contributed by atoms with Gasteiger partial charge in [-0.05, 0) is 37.8 Å². The maximum Gasteiger partial charge on any atom is 0.326 e. The van der Waals surface area contributed by atoms with Crippen LogP contribution >= 0.6 is 0 Å². The van der Waals surface area contributed by atoms with Gasteiger partial charge >= 0.3 is 5.97 Å². The molecule has 0 aromatic heterocycles. The molecule has 2 atom stereocenters. The Balaban J connectivity index is 1.28. The molecule has 33 heavy (non-hydrogen) atoms. The molecule has 9 nitrogen and oxygen atoms in total. The van der Waals surface area contributed by atoms with Crippen molar-refractivity contribution in [1.29, 1.82) is 0 Å². The van der Waals surface area contributed by atoms with E-state index in [0.29, 0.717) is 37.1 Å². The van der Waals surface area contributed by atoms with E-state index >= 15 is 0 Å². The molecule has 174 valence electrons. The zero-order valence-electron chi connectivity index (χ0n) is 18.4. The molecule has 2 heterocycles. The third-order valence-electron chi connectivity index (χ3n) is 7.50. The molecular formula is C24H27N3O6. The number of ether oxygens (including phenoxy) is 1. The minimum atomic E-state index is -0.992. The number of imide groups is 1. The molecule has 1 aromatic rings. The summed E-state index contributed by atoms with van der Waals surface area (Å²) in [5.41, 5.74) is 0.124. The minimum Gasteiger partial charge on any atom is -0.454 e. The highest BCUT2D eigenvalue weighted by atomic mass is 16.5. The Bertz CT molecular complexity index is 1010. The monoisotopic (exact) mass is 453 g/mol. The fraction of sp³-hybridized carbons (Fsp3) is 0.542. The summed E-state index contributed by atoms with van der Waals surface area (Å²) in [4.78, 5) is 66.4. The molecule has 5 rings (SSSR count). The molecule has 2 unspecified atom stereocenters. The van der Waals surface area contributed by atoms with Crippen LogP contribution in [0, 0.1) is 11.8 Å². The number of rotatable bonds is 4. The average Bonchev–Trinajstić information content (AvgIpc) is 3.39. The van der Waals surface area contributed by atoms with Gasteiger partial charge in [0.05, 0.1) is 23.2 Å². The van der Waals surface area contributed by atoms with Crippen molar-refractivity contribution in [3.63, 3.8) is 0 Å². The van der Waals surface area contributed by atoms with E-state index in [1.54, 1.807) is 24.3 Å². The predicted octanol–water partition coefficient (Wildman–Crippen LogP) is 2.00. The molecular weight excluding hydrogens is 426 g/mol. The van der Waals surface area contributed by atoms with Crippen LogP contribution in [0.2, 0.25) is 0 Å². The fourth-order valence-corrected chi connectivity index (χ4v) is 5.90. The summed E-state index contributed by atoms with van der Waals surface area (Å²) < 4.78 is 5.21. The van der Waals surface area contributed by atoms with Gasteiger partial charge in [0.2, 0.25) is 11.8 Å². The third-order valence-corrected chi connectivity index (χ3v) is 7.50. The third kappa shape index (κ3) is 3.50. The lowest BCUT2D eigenvalue weighted by Gasteiger charge is -2.44. The topological polar surface area (TPSA) is 113 Å². The molecule has 0 bridgehead atoms. The van der Waals surface area contributed by atoms with E-state index in [2.05, 4.69) is 5.32 Å². The summed E-state index contributed by atoms with van der Waals surface area (Å²) in [6, 6.07) is 7.05. The van der Waals surface area contributed by atoms with Crippen LogP contribution in [-0.4, -0.2) is 53.2 Å². The number of carbonyl (C=O) groups excluding carboxylic acids is 5. The summed E-state index contributed by atoms with van der Waals surface area (Å²) in [5.74, 6) is -2.86. The summed E-state index contributed by atoms with van der Waals surface area (Å²) in [6.45, 7) is -1.05. The van der Waals surface area contributed by atoms with Gasteiger partial charge in [0.15, 0.2) is 6.61 Å². The van der Waals surface area contributed by atoms with Gasteiger partial charge in [-0.1, -0.05) is 37.8 Å². The van der Waals surface area contributed by atoms with Gasteiger partial charge in [-0.15, -0.1) is 0 Å². The normalized spacial score (nSPS) is 25.6. The lowest BCUT2D eigenvalue weighted by Crippen LogP contribution is -2.61. The van der Waals surface area contributed by atoms with Crippen LogP contribution in [0.3, 0.4) is 0 Å². The lowest BCUT2D eigenvalue weighted by molar-refractivity contribution is -0.154. The van der Waals surface area contributed by atoms with E-state index in [0.717, 1.165) is 30.6 Å². The van der Waals surface area contributed by atoms with Gasteiger partial charge in [-0.2, -0.15) is 0 Å². The second-order valence-corrected chi connectivity index (χ2v) is 9.36. The minimum absolute atomic E-state index is 0.228. The highest BCUT2D eigenvalue weighted by Crippen LogP contribution is 2.45. The fourth-order valence-electron chi connectivity index (χ4n) is 5.90. The number of likely N-dealkylation sites (tertiary alicyclic amines) is 1. The summed E-state index contributed by atoms with van der Waals surface area (Å²) in [7, 11) is 0. The van der Waals surface area contributed by atoms with Crippen LogP contribution in [0.1, 0.15) is 51.4 Å². The Hall–Kier alpha value is -3.23. The number of benzene rings is 1. The number of amides is 4. The second-order valence-electron chi connectivity index (χ2n) is 9.36. The number of nitrogens with one attached hydrogen (secondary N) is 1. The molecule has 2 aliphatic heterocycles. The van der Waals surface area contributed by atoms with Gasteiger partial charge in [-0.25, -0.2) is 0 Å². The van der Waals surface area contributed by atoms with Crippen molar-refractivity contribution in [2.75, 3.05) is 23.4 Å². The molecule has 9 heteroatoms. The number of fused-ring (bicyclic) bond motifs is 2. The number of hydrogen-bond acceptors (Lipinski definition) is 6. The van der Waals surface area contributed by atoms with Crippen LogP contribution in [0.15, 0.2) is 24.3 Å². The summed E-state index contributed by atoms with van der Waals surface area (Å²) in [5, 5.41) is 2.90. The number of nitrogens with zero attached hydrogens (tertiary/aromatic N) is 2. The van der Waals surface area contributed by atoms with E-state index < -0.39 is 30.6 Å². The highest BCUT2D eigenvalue weighted by Gasteiger charge is 2.52. The van der Waals surface area contributed by atoms with Crippen LogP contribution in [-0.2, 0) is 28.7 Å². The summed E-state index contributed by atoms with van der Waals surface area (Å²) >= 11 is 0. The van der Waals surface area contributed by atoms with Crippen molar-refractivity contribution in [1.82, 2.24) is 4.90 Å². The van der Waals surface area contributed by atoms with Gasteiger partial charge in [0.1, 0.15) is 12.1 Å². The van der Waals surface area contributed by atoms with Crippen molar-refractivity contribution in [3.05, 3.63) is 24.3 Å². The first-order valence-electron chi connectivity index (χ1n) is 11.7. The maximum atomic E-state index is 13.3. The van der Waals surface area contributed by atoms with E-state index in [9.17, 15) is 24.0 Å². The number of para-hydroxylation sites is 2. The van der Waals surface area contributed by atoms with Crippen molar-refractivity contribution in [2.45, 2.75) is 56.9 Å². The van der Waals surface area contributed by atoms with Crippen LogP contribution < -0.4 is 10.2 Å². The van der Waals surface area contributed by atoms with E-state index in [1.807, 2.05) is 0 Å². The molecule has 2 aliphatic carbocycles. The number of carbonyl (C=O) groups is 5. The Labute approximate surface area is 191 Å². The van der Waals surface area contributed by atoms with Crippen LogP contribution in [0.25, 0.3) is 0 Å². The smallest absolute Gasteiger partial charge is 0.326 e. The first-order valence-corrected chi connectivity index (χ1v) is 11.7.